The highest BCUT2D eigenvalue weighted by molar-refractivity contribution is 9.10. The van der Waals surface area contributed by atoms with Crippen molar-refractivity contribution < 1.29 is 9.59 Å². The zero-order valence-corrected chi connectivity index (χ0v) is 12.9. The molecular formula is C16H10BrN3O2. The van der Waals surface area contributed by atoms with Gasteiger partial charge in [-0.2, -0.15) is 0 Å². The van der Waals surface area contributed by atoms with Crippen LogP contribution >= 0.6 is 15.9 Å². The molecule has 1 N–H and O–H groups in total. The number of allylic oxidation sites excluding steroid dienone is 2. The maximum absolute atomic E-state index is 12.5. The van der Waals surface area contributed by atoms with E-state index in [1.165, 1.54) is 0 Å². The van der Waals surface area contributed by atoms with E-state index in [4.69, 9.17) is 0 Å². The van der Waals surface area contributed by atoms with Gasteiger partial charge in [0.2, 0.25) is 11.8 Å². The summed E-state index contributed by atoms with van der Waals surface area (Å²) in [7, 11) is 0. The number of imide groups is 1. The molecule has 3 heterocycles. The Bertz CT molecular complexity index is 890. The first-order chi connectivity index (χ1) is 10.6. The Morgan fingerprint density at radius 2 is 1.91 bits per heavy atom. The van der Waals surface area contributed by atoms with Crippen molar-refractivity contribution >= 4 is 38.8 Å². The van der Waals surface area contributed by atoms with Gasteiger partial charge >= 0.3 is 0 Å². The largest absolute Gasteiger partial charge is 0.295 e. The van der Waals surface area contributed by atoms with Gasteiger partial charge in [-0.3, -0.25) is 14.9 Å². The molecule has 108 valence electrons. The van der Waals surface area contributed by atoms with E-state index in [0.29, 0.717) is 15.9 Å². The van der Waals surface area contributed by atoms with Crippen molar-refractivity contribution in [3.63, 3.8) is 0 Å². The Labute approximate surface area is 134 Å². The number of aromatic nitrogens is 2. The minimum Gasteiger partial charge on any atom is -0.295 e. The lowest BCUT2D eigenvalue weighted by atomic mass is 9.72. The van der Waals surface area contributed by atoms with Crippen LogP contribution in [0.1, 0.15) is 5.69 Å². The van der Waals surface area contributed by atoms with E-state index in [2.05, 4.69) is 31.2 Å². The Morgan fingerprint density at radius 1 is 1.09 bits per heavy atom. The summed E-state index contributed by atoms with van der Waals surface area (Å²) >= 11 is 3.32. The molecule has 2 aromatic rings. The van der Waals surface area contributed by atoms with Crippen LogP contribution < -0.4 is 5.32 Å². The molecule has 1 saturated heterocycles. The Kier molecular flexibility index (Phi) is 2.77. The number of fused-ring (bicyclic) bond motifs is 2. The second-order valence-corrected chi connectivity index (χ2v) is 6.10. The molecule has 4 rings (SSSR count). The molecule has 2 atom stereocenters. The molecule has 1 fully saturated rings. The van der Waals surface area contributed by atoms with Crippen LogP contribution in [0.2, 0.25) is 0 Å². The summed E-state index contributed by atoms with van der Waals surface area (Å²) in [6.45, 7) is 0. The summed E-state index contributed by atoms with van der Waals surface area (Å²) in [6, 6.07) is 7.38. The normalized spacial score (nSPS) is 26.3. The molecular weight excluding hydrogens is 346 g/mol. The van der Waals surface area contributed by atoms with Crippen LogP contribution in [0.5, 0.6) is 0 Å². The number of carbonyl (C=O) groups excluding carboxylic acids is 2. The van der Waals surface area contributed by atoms with Crippen molar-refractivity contribution in [1.82, 2.24) is 15.3 Å². The highest BCUT2D eigenvalue weighted by Crippen LogP contribution is 2.41. The predicted molar refractivity (Wildman–Crippen MR) is 83.8 cm³/mol. The van der Waals surface area contributed by atoms with E-state index >= 15 is 0 Å². The molecule has 5 nitrogen and oxygen atoms in total. The maximum Gasteiger partial charge on any atom is 0.243 e. The summed E-state index contributed by atoms with van der Waals surface area (Å²) in [6.07, 6.45) is 7.02. The zero-order valence-electron chi connectivity index (χ0n) is 11.3. The van der Waals surface area contributed by atoms with Gasteiger partial charge in [0.25, 0.3) is 0 Å². The molecule has 0 aromatic carbocycles. The first-order valence-corrected chi connectivity index (χ1v) is 7.56. The first kappa shape index (κ1) is 13.3. The van der Waals surface area contributed by atoms with Gasteiger partial charge in [-0.15, -0.1) is 0 Å². The number of hydrogen-bond donors (Lipinski definition) is 1. The first-order valence-electron chi connectivity index (χ1n) is 6.76. The Hall–Kier alpha value is -2.34. The Morgan fingerprint density at radius 3 is 2.77 bits per heavy atom. The van der Waals surface area contributed by atoms with Crippen molar-refractivity contribution in [1.29, 1.82) is 0 Å². The quantitative estimate of drug-likeness (QED) is 0.627. The number of nitrogens with one attached hydrogen (secondary N) is 1. The van der Waals surface area contributed by atoms with E-state index in [0.717, 1.165) is 5.39 Å². The average molecular weight is 356 g/mol. The summed E-state index contributed by atoms with van der Waals surface area (Å²) in [5, 5.41) is 3.28. The molecule has 2 aromatic heterocycles. The minimum atomic E-state index is -1.08. The van der Waals surface area contributed by atoms with Crippen molar-refractivity contribution in [2.45, 2.75) is 5.41 Å². The van der Waals surface area contributed by atoms with Crippen LogP contribution in [-0.4, -0.2) is 21.8 Å². The van der Waals surface area contributed by atoms with Gasteiger partial charge in [0.1, 0.15) is 10.0 Å². The predicted octanol–water partition coefficient (Wildman–Crippen LogP) is 2.03. The lowest BCUT2D eigenvalue weighted by Crippen LogP contribution is -2.39. The van der Waals surface area contributed by atoms with E-state index in [9.17, 15) is 9.59 Å². The molecule has 6 heteroatoms. The molecule has 22 heavy (non-hydrogen) atoms. The highest BCUT2D eigenvalue weighted by Gasteiger charge is 2.55. The SMILES string of the molecule is O=C1NC(=O)C2(c3ccc4ccc(Br)nc4n3)C=CC=CC12. The fourth-order valence-corrected chi connectivity index (χ4v) is 3.31. The van der Waals surface area contributed by atoms with Gasteiger partial charge in [-0.1, -0.05) is 24.3 Å². The van der Waals surface area contributed by atoms with Crippen LogP contribution in [0.15, 0.2) is 53.2 Å². The molecule has 1 aliphatic heterocycles. The van der Waals surface area contributed by atoms with Gasteiger partial charge in [0.05, 0.1) is 11.6 Å². The molecule has 2 unspecified atom stereocenters. The van der Waals surface area contributed by atoms with E-state index < -0.39 is 11.3 Å². The fraction of sp³-hybridized carbons (Fsp3) is 0.125. The van der Waals surface area contributed by atoms with Gasteiger partial charge < -0.3 is 0 Å². The molecule has 1 aliphatic carbocycles. The van der Waals surface area contributed by atoms with Gasteiger partial charge in [0, 0.05) is 5.39 Å². The number of halogens is 1. The number of carbonyl (C=O) groups is 2. The molecule has 0 saturated carbocycles. The molecule has 0 bridgehead atoms. The Balaban J connectivity index is 1.96. The monoisotopic (exact) mass is 355 g/mol. The van der Waals surface area contributed by atoms with Crippen LogP contribution in [0.4, 0.5) is 0 Å². The number of amides is 2. The zero-order chi connectivity index (χ0) is 15.3. The van der Waals surface area contributed by atoms with E-state index in [-0.39, 0.29) is 11.8 Å². The third kappa shape index (κ3) is 1.70. The lowest BCUT2D eigenvalue weighted by molar-refractivity contribution is -0.126. The van der Waals surface area contributed by atoms with Gasteiger partial charge in [-0.25, -0.2) is 9.97 Å². The van der Waals surface area contributed by atoms with Crippen LogP contribution in [0.3, 0.4) is 0 Å². The van der Waals surface area contributed by atoms with E-state index in [1.54, 1.807) is 30.4 Å². The minimum absolute atomic E-state index is 0.297. The molecule has 0 spiro atoms. The molecule has 2 amide bonds. The number of pyridine rings is 2. The number of hydrogen-bond acceptors (Lipinski definition) is 4. The summed E-state index contributed by atoms with van der Waals surface area (Å²) in [5.41, 5.74) is -0.0149. The summed E-state index contributed by atoms with van der Waals surface area (Å²) in [4.78, 5) is 33.4. The third-order valence-electron chi connectivity index (χ3n) is 4.10. The van der Waals surface area contributed by atoms with Crippen molar-refractivity contribution in [2.75, 3.05) is 0 Å². The average Bonchev–Trinajstić information content (AvgIpc) is 2.79. The van der Waals surface area contributed by atoms with Crippen molar-refractivity contribution in [3.05, 3.63) is 58.9 Å². The second kappa shape index (κ2) is 4.58. The van der Waals surface area contributed by atoms with E-state index in [1.807, 2.05) is 18.2 Å². The molecule has 0 radical (unpaired) electrons. The summed E-state index contributed by atoms with van der Waals surface area (Å²) < 4.78 is 0.671. The van der Waals surface area contributed by atoms with Crippen LogP contribution in [0.25, 0.3) is 11.0 Å². The second-order valence-electron chi connectivity index (χ2n) is 5.29. The highest BCUT2D eigenvalue weighted by atomic mass is 79.9. The third-order valence-corrected chi connectivity index (χ3v) is 4.54. The van der Waals surface area contributed by atoms with Crippen molar-refractivity contribution in [2.24, 2.45) is 5.92 Å². The molecule has 2 aliphatic rings. The van der Waals surface area contributed by atoms with Crippen LogP contribution in [0, 0.1) is 5.92 Å². The summed E-state index contributed by atoms with van der Waals surface area (Å²) in [5.74, 6) is -1.21. The fourth-order valence-electron chi connectivity index (χ4n) is 3.01. The number of rotatable bonds is 1. The maximum atomic E-state index is 12.5. The number of nitrogens with zero attached hydrogens (tertiary/aromatic N) is 2. The lowest BCUT2D eigenvalue weighted by Gasteiger charge is -2.27. The standard InChI is InChI=1S/C16H10BrN3O2/c17-12-7-5-9-4-6-11(18-13(9)19-12)16-8-2-1-3-10(16)14(21)20-15(16)22/h1-8,10H,(H,20,21,22). The van der Waals surface area contributed by atoms with Crippen LogP contribution in [-0.2, 0) is 15.0 Å². The van der Waals surface area contributed by atoms with Gasteiger partial charge in [-0.05, 0) is 40.2 Å². The van der Waals surface area contributed by atoms with Crippen molar-refractivity contribution in [3.8, 4) is 0 Å². The smallest absolute Gasteiger partial charge is 0.243 e. The topological polar surface area (TPSA) is 72.0 Å². The van der Waals surface area contributed by atoms with Gasteiger partial charge in [0.15, 0.2) is 5.65 Å².